The summed E-state index contributed by atoms with van der Waals surface area (Å²) in [5.74, 6) is 0.692. The maximum Gasteiger partial charge on any atom is 0.233 e. The van der Waals surface area contributed by atoms with Gasteiger partial charge >= 0.3 is 0 Å². The lowest BCUT2D eigenvalue weighted by Gasteiger charge is -2.27. The highest BCUT2D eigenvalue weighted by atomic mass is 32.2. The van der Waals surface area contributed by atoms with Crippen molar-refractivity contribution in [1.82, 2.24) is 14.5 Å². The molecule has 1 aromatic heterocycles. The van der Waals surface area contributed by atoms with Gasteiger partial charge in [-0.15, -0.1) is 0 Å². The van der Waals surface area contributed by atoms with Crippen LogP contribution in [0.5, 0.6) is 0 Å². The van der Waals surface area contributed by atoms with E-state index in [0.717, 1.165) is 35.6 Å². The van der Waals surface area contributed by atoms with E-state index in [1.807, 2.05) is 30.1 Å². The minimum atomic E-state index is 0.224. The molecule has 1 aliphatic rings. The van der Waals surface area contributed by atoms with Crippen molar-refractivity contribution in [3.8, 4) is 0 Å². The second-order valence-electron chi connectivity index (χ2n) is 6.57. The van der Waals surface area contributed by atoms with Gasteiger partial charge in [-0.3, -0.25) is 4.79 Å². The molecule has 0 atom stereocenters. The number of amides is 1. The average molecular weight is 346 g/mol. The molecule has 0 unspecified atom stereocenters. The number of hydrogen-bond donors (Lipinski definition) is 0. The number of fused-ring (bicyclic) bond motifs is 1. The number of thioether (sulfide) groups is 1. The lowest BCUT2D eigenvalue weighted by Crippen LogP contribution is -2.37. The van der Waals surface area contributed by atoms with Crippen LogP contribution < -0.4 is 0 Å². The van der Waals surface area contributed by atoms with Crippen molar-refractivity contribution >= 4 is 28.7 Å². The summed E-state index contributed by atoms with van der Waals surface area (Å²) < 4.78 is 2.19. The highest BCUT2D eigenvalue weighted by molar-refractivity contribution is 7.99. The van der Waals surface area contributed by atoms with Crippen LogP contribution in [0.15, 0.2) is 29.4 Å². The number of carbonyl (C=O) groups is 1. The van der Waals surface area contributed by atoms with Crippen molar-refractivity contribution in [1.29, 1.82) is 0 Å². The molecule has 0 aliphatic heterocycles. The first kappa shape index (κ1) is 17.3. The van der Waals surface area contributed by atoms with Crippen LogP contribution in [0.4, 0.5) is 0 Å². The number of nitrogens with zero attached hydrogens (tertiary/aromatic N) is 3. The zero-order valence-electron chi connectivity index (χ0n) is 14.7. The molecule has 1 heterocycles. The van der Waals surface area contributed by atoms with Crippen LogP contribution in [0.25, 0.3) is 11.0 Å². The third-order valence-electron chi connectivity index (χ3n) is 5.03. The van der Waals surface area contributed by atoms with E-state index in [9.17, 15) is 4.79 Å². The molecule has 1 aliphatic carbocycles. The first-order valence-corrected chi connectivity index (χ1v) is 10.0. The first-order valence-electron chi connectivity index (χ1n) is 9.04. The second-order valence-corrected chi connectivity index (χ2v) is 7.51. The molecule has 0 radical (unpaired) electrons. The smallest absolute Gasteiger partial charge is 0.233 e. The number of para-hydroxylation sites is 2. The molecule has 3 rings (SSSR count). The number of imidazole rings is 1. The standard InChI is InChI=1S/C19H27N3OS/c1-3-22-17-13-9-8-12-16(17)20-19(22)24-14-18(23)21(2)15-10-6-4-5-7-11-15/h8-9,12-13,15H,3-7,10-11,14H2,1-2H3. The molecule has 1 fully saturated rings. The van der Waals surface area contributed by atoms with Crippen molar-refractivity contribution in [3.05, 3.63) is 24.3 Å². The van der Waals surface area contributed by atoms with Crippen molar-refractivity contribution in [2.24, 2.45) is 0 Å². The van der Waals surface area contributed by atoms with Crippen molar-refractivity contribution in [2.45, 2.75) is 63.2 Å². The number of carbonyl (C=O) groups excluding carboxylic acids is 1. The molecular formula is C19H27N3OS. The topological polar surface area (TPSA) is 38.1 Å². The Bertz CT molecular complexity index is 689. The Morgan fingerprint density at radius 2 is 1.96 bits per heavy atom. The summed E-state index contributed by atoms with van der Waals surface area (Å²) in [4.78, 5) is 19.3. The SMILES string of the molecule is CCn1c(SCC(=O)N(C)C2CCCCCC2)nc2ccccc21. The van der Waals surface area contributed by atoms with E-state index in [2.05, 4.69) is 17.6 Å². The van der Waals surface area contributed by atoms with Gasteiger partial charge < -0.3 is 9.47 Å². The van der Waals surface area contributed by atoms with Gasteiger partial charge in [0.1, 0.15) is 0 Å². The summed E-state index contributed by atoms with van der Waals surface area (Å²) in [6.45, 7) is 2.99. The van der Waals surface area contributed by atoms with Crippen LogP contribution >= 0.6 is 11.8 Å². The van der Waals surface area contributed by atoms with Gasteiger partial charge in [0.25, 0.3) is 0 Å². The third kappa shape index (κ3) is 3.77. The molecule has 1 saturated carbocycles. The monoisotopic (exact) mass is 345 g/mol. The number of aromatic nitrogens is 2. The van der Waals surface area contributed by atoms with Gasteiger partial charge in [-0.2, -0.15) is 0 Å². The molecule has 2 aromatic rings. The number of benzene rings is 1. The minimum absolute atomic E-state index is 0.224. The Hall–Kier alpha value is -1.49. The molecule has 130 valence electrons. The van der Waals surface area contributed by atoms with Gasteiger partial charge in [0.15, 0.2) is 5.16 Å². The Kier molecular flexibility index (Phi) is 5.82. The largest absolute Gasteiger partial charge is 0.342 e. The average Bonchev–Trinajstić information content (AvgIpc) is 2.76. The van der Waals surface area contributed by atoms with Gasteiger partial charge in [0.2, 0.25) is 5.91 Å². The van der Waals surface area contributed by atoms with E-state index in [-0.39, 0.29) is 5.91 Å². The van der Waals surface area contributed by atoms with E-state index in [4.69, 9.17) is 4.98 Å². The van der Waals surface area contributed by atoms with Crippen molar-refractivity contribution in [2.75, 3.05) is 12.8 Å². The molecule has 5 heteroatoms. The number of rotatable bonds is 5. The van der Waals surface area contributed by atoms with E-state index < -0.39 is 0 Å². The summed E-state index contributed by atoms with van der Waals surface area (Å²) >= 11 is 1.56. The lowest BCUT2D eigenvalue weighted by atomic mass is 10.1. The predicted molar refractivity (Wildman–Crippen MR) is 100 cm³/mol. The molecule has 1 amide bonds. The Morgan fingerprint density at radius 3 is 2.67 bits per heavy atom. The quantitative estimate of drug-likeness (QED) is 0.598. The van der Waals surface area contributed by atoms with Crippen molar-refractivity contribution < 1.29 is 4.79 Å². The molecule has 4 nitrogen and oxygen atoms in total. The summed E-state index contributed by atoms with van der Waals surface area (Å²) in [5, 5.41) is 0.946. The minimum Gasteiger partial charge on any atom is -0.342 e. The van der Waals surface area contributed by atoms with E-state index in [1.165, 1.54) is 25.7 Å². The zero-order chi connectivity index (χ0) is 16.9. The van der Waals surface area contributed by atoms with Gasteiger partial charge in [0, 0.05) is 19.6 Å². The molecular weight excluding hydrogens is 318 g/mol. The van der Waals surface area contributed by atoms with Crippen LogP contribution in [0.3, 0.4) is 0 Å². The lowest BCUT2D eigenvalue weighted by molar-refractivity contribution is -0.129. The van der Waals surface area contributed by atoms with Gasteiger partial charge in [-0.1, -0.05) is 49.6 Å². The fraction of sp³-hybridized carbons (Fsp3) is 0.579. The van der Waals surface area contributed by atoms with Gasteiger partial charge in [-0.25, -0.2) is 4.98 Å². The number of hydrogen-bond acceptors (Lipinski definition) is 3. The fourth-order valence-corrected chi connectivity index (χ4v) is 4.55. The maximum atomic E-state index is 12.6. The van der Waals surface area contributed by atoms with Crippen LogP contribution in [0.1, 0.15) is 45.4 Å². The second kappa shape index (κ2) is 8.06. The summed E-state index contributed by atoms with van der Waals surface area (Å²) in [6, 6.07) is 8.59. The van der Waals surface area contributed by atoms with E-state index in [1.54, 1.807) is 11.8 Å². The normalized spacial score (nSPS) is 16.2. The molecule has 0 bridgehead atoms. The highest BCUT2D eigenvalue weighted by Gasteiger charge is 2.22. The first-order chi connectivity index (χ1) is 11.7. The molecule has 0 saturated heterocycles. The van der Waals surface area contributed by atoms with E-state index >= 15 is 0 Å². The van der Waals surface area contributed by atoms with Crippen LogP contribution in [0, 0.1) is 0 Å². The van der Waals surface area contributed by atoms with Crippen LogP contribution in [-0.2, 0) is 11.3 Å². The zero-order valence-corrected chi connectivity index (χ0v) is 15.5. The number of aryl methyl sites for hydroxylation is 1. The van der Waals surface area contributed by atoms with Crippen LogP contribution in [-0.4, -0.2) is 39.2 Å². The van der Waals surface area contributed by atoms with E-state index in [0.29, 0.717) is 11.8 Å². The fourth-order valence-electron chi connectivity index (χ4n) is 3.55. The molecule has 0 spiro atoms. The predicted octanol–water partition coefficient (Wildman–Crippen LogP) is 4.33. The van der Waals surface area contributed by atoms with Crippen LogP contribution in [0.2, 0.25) is 0 Å². The molecule has 24 heavy (non-hydrogen) atoms. The van der Waals surface area contributed by atoms with Gasteiger partial charge in [0.05, 0.1) is 16.8 Å². The third-order valence-corrected chi connectivity index (χ3v) is 5.99. The Morgan fingerprint density at radius 1 is 1.25 bits per heavy atom. The Balaban J connectivity index is 1.65. The molecule has 1 aromatic carbocycles. The summed E-state index contributed by atoms with van der Waals surface area (Å²) in [5.41, 5.74) is 2.15. The maximum absolute atomic E-state index is 12.6. The summed E-state index contributed by atoms with van der Waals surface area (Å²) in [6.07, 6.45) is 7.44. The molecule has 0 N–H and O–H groups in total. The Labute approximate surface area is 148 Å². The van der Waals surface area contributed by atoms with Crippen molar-refractivity contribution in [3.63, 3.8) is 0 Å². The van der Waals surface area contributed by atoms with Gasteiger partial charge in [-0.05, 0) is 31.9 Å². The highest BCUT2D eigenvalue weighted by Crippen LogP contribution is 2.25. The summed E-state index contributed by atoms with van der Waals surface area (Å²) in [7, 11) is 1.97.